The van der Waals surface area contributed by atoms with E-state index in [2.05, 4.69) is 22.6 Å². The van der Waals surface area contributed by atoms with Crippen molar-refractivity contribution >= 4 is 0 Å². The van der Waals surface area contributed by atoms with E-state index in [1.54, 1.807) is 0 Å². The molecule has 14 heteroatoms. The Bertz CT molecular complexity index is 582. The molecule has 196 valence electrons. The van der Waals surface area contributed by atoms with Crippen LogP contribution in [0.1, 0.15) is 39.0 Å². The summed E-state index contributed by atoms with van der Waals surface area (Å²) >= 11 is 0. The van der Waals surface area contributed by atoms with E-state index < -0.39 is 55.0 Å². The molecule has 1 fully saturated rings. The van der Waals surface area contributed by atoms with E-state index in [1.165, 1.54) is 0 Å². The summed E-state index contributed by atoms with van der Waals surface area (Å²) in [5.74, 6) is -1.58. The first-order chi connectivity index (χ1) is 14.7. The molecule has 0 radical (unpaired) electrons. The van der Waals surface area contributed by atoms with Crippen LogP contribution in [0.15, 0.2) is 25.3 Å². The third-order valence-corrected chi connectivity index (χ3v) is 5.02. The van der Waals surface area contributed by atoms with Gasteiger partial charge in [0, 0.05) is 5.92 Å². The minimum atomic E-state index is -5.51. The number of rotatable bonds is 7. The molecule has 1 aliphatic rings. The van der Waals surface area contributed by atoms with E-state index in [0.717, 1.165) is 12.2 Å². The van der Waals surface area contributed by atoms with Crippen LogP contribution in [0.4, 0.5) is 52.7 Å². The molecular formula is C19H24F12O2. The third kappa shape index (κ3) is 7.27. The van der Waals surface area contributed by atoms with Crippen molar-refractivity contribution in [2.75, 3.05) is 13.2 Å². The van der Waals surface area contributed by atoms with Crippen molar-refractivity contribution in [3.05, 3.63) is 25.3 Å². The van der Waals surface area contributed by atoms with Crippen molar-refractivity contribution in [1.29, 1.82) is 0 Å². The fraction of sp³-hybridized carbons (Fsp3) is 0.789. The summed E-state index contributed by atoms with van der Waals surface area (Å²) in [6.45, 7) is 4.42. The molecule has 0 aliphatic heterocycles. The second kappa shape index (κ2) is 11.3. The molecule has 0 amide bonds. The highest BCUT2D eigenvalue weighted by molar-refractivity contribution is 5.02. The van der Waals surface area contributed by atoms with E-state index >= 15 is 0 Å². The molecule has 1 aliphatic carbocycles. The van der Waals surface area contributed by atoms with Crippen LogP contribution in [0.2, 0.25) is 0 Å². The monoisotopic (exact) mass is 512 g/mol. The molecule has 0 spiro atoms. The minimum Gasteiger partial charge on any atom is -0.354 e. The second-order valence-corrected chi connectivity index (χ2v) is 7.29. The smallest absolute Gasteiger partial charge is 0.354 e. The summed E-state index contributed by atoms with van der Waals surface area (Å²) in [5.41, 5.74) is -8.22. The van der Waals surface area contributed by atoms with Crippen molar-refractivity contribution in [3.63, 3.8) is 0 Å². The Balaban J connectivity index is 0.000000653. The lowest BCUT2D eigenvalue weighted by Gasteiger charge is -2.43. The molecule has 2 nitrogen and oxygen atoms in total. The topological polar surface area (TPSA) is 18.5 Å². The lowest BCUT2D eigenvalue weighted by atomic mass is 9.75. The fourth-order valence-corrected chi connectivity index (χ4v) is 3.15. The zero-order valence-electron chi connectivity index (χ0n) is 17.4. The van der Waals surface area contributed by atoms with Gasteiger partial charge in [-0.1, -0.05) is 31.4 Å². The molecule has 1 rings (SSSR count). The lowest BCUT2D eigenvalue weighted by Crippen LogP contribution is -2.63. The first kappa shape index (κ1) is 31.6. The normalized spacial score (nSPS) is 17.2. The predicted molar refractivity (Wildman–Crippen MR) is 94.2 cm³/mol. The molecule has 0 aromatic carbocycles. The van der Waals surface area contributed by atoms with Gasteiger partial charge < -0.3 is 9.47 Å². The number of hydrogen-bond donors (Lipinski definition) is 0. The van der Waals surface area contributed by atoms with E-state index in [-0.39, 0.29) is 19.8 Å². The van der Waals surface area contributed by atoms with Gasteiger partial charge >= 0.3 is 24.7 Å². The summed E-state index contributed by atoms with van der Waals surface area (Å²) in [6.07, 6.45) is -19.2. The van der Waals surface area contributed by atoms with Crippen LogP contribution in [-0.2, 0) is 9.47 Å². The third-order valence-electron chi connectivity index (χ3n) is 5.02. The van der Waals surface area contributed by atoms with Crippen LogP contribution in [0.25, 0.3) is 0 Å². The Labute approximate surface area is 182 Å². The van der Waals surface area contributed by atoms with Gasteiger partial charge in [0.2, 0.25) is 0 Å². The van der Waals surface area contributed by atoms with Gasteiger partial charge in [-0.15, -0.1) is 13.2 Å². The molecule has 0 saturated heterocycles. The molecule has 1 saturated carbocycles. The maximum Gasteiger partial charge on any atom is 0.426 e. The summed E-state index contributed by atoms with van der Waals surface area (Å²) in [7, 11) is 0. The lowest BCUT2D eigenvalue weighted by molar-refractivity contribution is -0.397. The fourth-order valence-electron chi connectivity index (χ4n) is 3.15. The summed E-state index contributed by atoms with van der Waals surface area (Å²) in [5, 5.41) is 0. The Hall–Kier alpha value is -1.44. The molecule has 0 aromatic heterocycles. The highest BCUT2D eigenvalue weighted by Gasteiger charge is 2.75. The van der Waals surface area contributed by atoms with Crippen molar-refractivity contribution in [1.82, 2.24) is 0 Å². The number of ether oxygens (including phenoxy) is 2. The Morgan fingerprint density at radius 3 is 1.30 bits per heavy atom. The van der Waals surface area contributed by atoms with Gasteiger partial charge in [-0.25, -0.2) is 0 Å². The van der Waals surface area contributed by atoms with Crippen LogP contribution in [0.5, 0.6) is 0 Å². The molecular weight excluding hydrogens is 488 g/mol. The number of alkyl halides is 12. The van der Waals surface area contributed by atoms with Crippen LogP contribution >= 0.6 is 0 Å². The highest BCUT2D eigenvalue weighted by Crippen LogP contribution is 2.54. The first-order valence-electron chi connectivity index (χ1n) is 9.49. The minimum absolute atomic E-state index is 0.0590. The molecule has 0 heterocycles. The first-order valence-corrected chi connectivity index (χ1v) is 9.49. The van der Waals surface area contributed by atoms with Crippen LogP contribution < -0.4 is 0 Å². The van der Waals surface area contributed by atoms with E-state index in [4.69, 9.17) is 0 Å². The van der Waals surface area contributed by atoms with Gasteiger partial charge in [0.15, 0.2) is 0 Å². The Morgan fingerprint density at radius 1 is 0.636 bits per heavy atom. The van der Waals surface area contributed by atoms with Gasteiger partial charge in [-0.3, -0.25) is 0 Å². The van der Waals surface area contributed by atoms with E-state index in [0.29, 0.717) is 19.3 Å². The van der Waals surface area contributed by atoms with E-state index in [9.17, 15) is 52.7 Å². The zero-order valence-corrected chi connectivity index (χ0v) is 17.4. The summed E-state index contributed by atoms with van der Waals surface area (Å²) in [6, 6.07) is 0. The average Bonchev–Trinajstić information content (AvgIpc) is 2.64. The predicted octanol–water partition coefficient (Wildman–Crippen LogP) is 7.71. The van der Waals surface area contributed by atoms with Gasteiger partial charge in [-0.05, 0) is 19.8 Å². The highest BCUT2D eigenvalue weighted by atomic mass is 19.4. The summed E-state index contributed by atoms with van der Waals surface area (Å²) < 4.78 is 159. The van der Waals surface area contributed by atoms with Gasteiger partial charge in [-0.2, -0.15) is 52.7 Å². The number of hydrogen-bond acceptors (Lipinski definition) is 2. The summed E-state index contributed by atoms with van der Waals surface area (Å²) in [4.78, 5) is 0. The average molecular weight is 512 g/mol. The molecule has 0 aromatic rings. The van der Waals surface area contributed by atoms with E-state index in [1.807, 2.05) is 0 Å². The zero-order chi connectivity index (χ0) is 26.4. The number of halogens is 12. The molecule has 0 N–H and O–H groups in total. The largest absolute Gasteiger partial charge is 0.426 e. The Kier molecular flexibility index (Phi) is 10.8. The van der Waals surface area contributed by atoms with Crippen molar-refractivity contribution < 1.29 is 62.2 Å². The second-order valence-electron chi connectivity index (χ2n) is 7.29. The van der Waals surface area contributed by atoms with Crippen LogP contribution in [0, 0.1) is 5.92 Å². The maximum absolute atomic E-state index is 13.1. The maximum atomic E-state index is 13.1. The Morgan fingerprint density at radius 2 is 1.00 bits per heavy atom. The van der Waals surface area contributed by atoms with Crippen molar-refractivity contribution in [2.45, 2.75) is 74.9 Å². The molecule has 0 bridgehead atoms. The van der Waals surface area contributed by atoms with Crippen LogP contribution in [-0.4, -0.2) is 49.1 Å². The van der Waals surface area contributed by atoms with Gasteiger partial charge in [0.25, 0.3) is 11.2 Å². The van der Waals surface area contributed by atoms with Gasteiger partial charge in [0.05, 0.1) is 13.2 Å². The van der Waals surface area contributed by atoms with Crippen LogP contribution in [0.3, 0.4) is 0 Å². The molecule has 0 atom stereocenters. The van der Waals surface area contributed by atoms with Gasteiger partial charge in [0.1, 0.15) is 0 Å². The standard InChI is InChI=1S/C12H16F6O.C7H8F6O/c1-2-8-19-10(11(13,14)15,12(16,17)18)9-6-4-3-5-7-9;1-3-4-14-5(2,6(8,9)10)7(11,12)13/h2,9H,1,3-8H2;3H,1,4H2,2H3. The SMILES string of the molecule is C=CCOC(C)(C(F)(F)F)C(F)(F)F.C=CCOC(C1CCCCC1)(C(F)(F)F)C(F)(F)F. The quantitative estimate of drug-likeness (QED) is 0.257. The molecule has 33 heavy (non-hydrogen) atoms. The van der Waals surface area contributed by atoms with Crippen molar-refractivity contribution in [3.8, 4) is 0 Å². The molecule has 0 unspecified atom stereocenters. The van der Waals surface area contributed by atoms with Crippen molar-refractivity contribution in [2.24, 2.45) is 5.92 Å².